The molecule has 0 saturated heterocycles. The summed E-state index contributed by atoms with van der Waals surface area (Å²) >= 11 is 0. The van der Waals surface area contributed by atoms with E-state index in [4.69, 9.17) is 0 Å². The summed E-state index contributed by atoms with van der Waals surface area (Å²) in [5.74, 6) is 0. The van der Waals surface area contributed by atoms with Crippen LogP contribution in [0.2, 0.25) is 0 Å². The topological polar surface area (TPSA) is 35.5 Å². The van der Waals surface area contributed by atoms with Gasteiger partial charge in [0.1, 0.15) is 6.23 Å². The lowest BCUT2D eigenvalue weighted by atomic mass is 10.2. The molecule has 86 valence electrons. The van der Waals surface area contributed by atoms with E-state index in [9.17, 15) is 5.11 Å². The van der Waals surface area contributed by atoms with Crippen molar-refractivity contribution in [3.05, 3.63) is 0 Å². The molecule has 0 aliphatic carbocycles. The van der Waals surface area contributed by atoms with Crippen molar-refractivity contribution in [2.45, 2.75) is 58.8 Å². The summed E-state index contributed by atoms with van der Waals surface area (Å²) in [7, 11) is 1.95. The summed E-state index contributed by atoms with van der Waals surface area (Å²) in [6.45, 7) is 7.32. The Hall–Kier alpha value is -0.120. The summed E-state index contributed by atoms with van der Waals surface area (Å²) in [5.41, 5.74) is 0. The lowest BCUT2D eigenvalue weighted by Gasteiger charge is -2.29. The first kappa shape index (κ1) is 13.9. The van der Waals surface area contributed by atoms with Crippen molar-refractivity contribution >= 4 is 0 Å². The molecular formula is C11H26N2O. The Morgan fingerprint density at radius 2 is 1.93 bits per heavy atom. The quantitative estimate of drug-likeness (QED) is 0.465. The largest absolute Gasteiger partial charge is 0.378 e. The molecular weight excluding hydrogens is 176 g/mol. The maximum Gasteiger partial charge on any atom is 0.108 e. The second-order valence-corrected chi connectivity index (χ2v) is 3.89. The highest BCUT2D eigenvalue weighted by atomic mass is 16.3. The molecule has 0 aliphatic rings. The number of unbranched alkanes of at least 4 members (excludes halogenated alkanes) is 2. The summed E-state index contributed by atoms with van der Waals surface area (Å²) in [6, 6.07) is 0. The van der Waals surface area contributed by atoms with Crippen LogP contribution in [0.15, 0.2) is 0 Å². The van der Waals surface area contributed by atoms with E-state index in [1.807, 2.05) is 18.9 Å². The Balaban J connectivity index is 3.56. The second-order valence-electron chi connectivity index (χ2n) is 3.89. The van der Waals surface area contributed by atoms with Crippen molar-refractivity contribution in [1.82, 2.24) is 10.2 Å². The molecule has 0 aliphatic heterocycles. The van der Waals surface area contributed by atoms with E-state index in [1.54, 1.807) is 0 Å². The van der Waals surface area contributed by atoms with Gasteiger partial charge in [0.25, 0.3) is 0 Å². The van der Waals surface area contributed by atoms with Crippen molar-refractivity contribution in [2.75, 3.05) is 13.6 Å². The van der Waals surface area contributed by atoms with Crippen molar-refractivity contribution in [1.29, 1.82) is 0 Å². The molecule has 0 fully saturated rings. The molecule has 2 atom stereocenters. The smallest absolute Gasteiger partial charge is 0.108 e. The Morgan fingerprint density at radius 3 is 2.43 bits per heavy atom. The van der Waals surface area contributed by atoms with Crippen LogP contribution in [0.25, 0.3) is 0 Å². The van der Waals surface area contributed by atoms with Crippen LogP contribution < -0.4 is 5.32 Å². The molecule has 3 heteroatoms. The molecule has 0 radical (unpaired) electrons. The number of nitrogens with one attached hydrogen (secondary N) is 1. The van der Waals surface area contributed by atoms with Crippen molar-refractivity contribution < 1.29 is 5.11 Å². The number of hydrogen-bond acceptors (Lipinski definition) is 3. The molecule has 0 spiro atoms. The van der Waals surface area contributed by atoms with Crippen LogP contribution in [0.1, 0.15) is 46.5 Å². The molecule has 2 unspecified atom stereocenters. The van der Waals surface area contributed by atoms with Gasteiger partial charge in [0.15, 0.2) is 0 Å². The first-order chi connectivity index (χ1) is 6.63. The Bertz CT molecular complexity index is 130. The minimum absolute atomic E-state index is 0.252. The predicted octanol–water partition coefficient (Wildman–Crippen LogP) is 1.77. The highest BCUT2D eigenvalue weighted by Gasteiger charge is 2.14. The van der Waals surface area contributed by atoms with Crippen LogP contribution in [0.3, 0.4) is 0 Å². The zero-order valence-electron chi connectivity index (χ0n) is 10.1. The van der Waals surface area contributed by atoms with Gasteiger partial charge in [-0.05, 0) is 33.4 Å². The van der Waals surface area contributed by atoms with Crippen LogP contribution >= 0.6 is 0 Å². The summed E-state index contributed by atoms with van der Waals surface area (Å²) in [6.07, 6.45) is 4.45. The average Bonchev–Trinajstić information content (AvgIpc) is 2.21. The number of rotatable bonds is 8. The zero-order valence-corrected chi connectivity index (χ0v) is 10.1. The van der Waals surface area contributed by atoms with E-state index < -0.39 is 0 Å². The SMILES string of the molecule is CCCCCNC(C)N(C)C(O)CC. The van der Waals surface area contributed by atoms with Gasteiger partial charge >= 0.3 is 0 Å². The van der Waals surface area contributed by atoms with Crippen molar-refractivity contribution in [3.63, 3.8) is 0 Å². The van der Waals surface area contributed by atoms with Crippen LogP contribution in [-0.4, -0.2) is 36.0 Å². The normalized spacial score (nSPS) is 15.9. The van der Waals surface area contributed by atoms with Gasteiger partial charge in [0.05, 0.1) is 6.17 Å². The van der Waals surface area contributed by atoms with E-state index in [1.165, 1.54) is 19.3 Å². The van der Waals surface area contributed by atoms with Gasteiger partial charge in [-0.25, -0.2) is 0 Å². The molecule has 3 nitrogen and oxygen atoms in total. The summed E-state index contributed by atoms with van der Waals surface area (Å²) in [5, 5.41) is 13.0. The van der Waals surface area contributed by atoms with Crippen LogP contribution in [-0.2, 0) is 0 Å². The van der Waals surface area contributed by atoms with E-state index >= 15 is 0 Å². The molecule has 0 aromatic heterocycles. The van der Waals surface area contributed by atoms with Crippen LogP contribution in [0.5, 0.6) is 0 Å². The second kappa shape index (κ2) is 8.21. The minimum atomic E-state index is -0.330. The van der Waals surface area contributed by atoms with Crippen LogP contribution in [0.4, 0.5) is 0 Å². The van der Waals surface area contributed by atoms with Crippen molar-refractivity contribution in [3.8, 4) is 0 Å². The van der Waals surface area contributed by atoms with Gasteiger partial charge in [0.2, 0.25) is 0 Å². The molecule has 0 rings (SSSR count). The predicted molar refractivity (Wildman–Crippen MR) is 61.1 cm³/mol. The van der Waals surface area contributed by atoms with E-state index in [2.05, 4.69) is 19.2 Å². The fourth-order valence-corrected chi connectivity index (χ4v) is 1.38. The molecule has 14 heavy (non-hydrogen) atoms. The highest BCUT2D eigenvalue weighted by Crippen LogP contribution is 2.01. The summed E-state index contributed by atoms with van der Waals surface area (Å²) in [4.78, 5) is 1.96. The van der Waals surface area contributed by atoms with E-state index in [0.29, 0.717) is 0 Å². The zero-order chi connectivity index (χ0) is 11.0. The van der Waals surface area contributed by atoms with Crippen molar-refractivity contribution in [2.24, 2.45) is 0 Å². The summed E-state index contributed by atoms with van der Waals surface area (Å²) < 4.78 is 0. The highest BCUT2D eigenvalue weighted by molar-refractivity contribution is 4.63. The maximum absolute atomic E-state index is 9.59. The van der Waals surface area contributed by atoms with E-state index in [-0.39, 0.29) is 12.4 Å². The molecule has 0 aromatic rings. The molecule has 0 amide bonds. The molecule has 0 heterocycles. The minimum Gasteiger partial charge on any atom is -0.378 e. The van der Waals surface area contributed by atoms with Gasteiger partial charge in [-0.3, -0.25) is 4.90 Å². The Morgan fingerprint density at radius 1 is 1.29 bits per heavy atom. The number of aliphatic hydroxyl groups excluding tert-OH is 1. The molecule has 0 saturated carbocycles. The monoisotopic (exact) mass is 202 g/mol. The van der Waals surface area contributed by atoms with Gasteiger partial charge in [0, 0.05) is 0 Å². The lowest BCUT2D eigenvalue weighted by molar-refractivity contribution is -0.0123. The first-order valence-corrected chi connectivity index (χ1v) is 5.76. The average molecular weight is 202 g/mol. The Kier molecular flexibility index (Phi) is 8.14. The Labute approximate surface area is 88.5 Å². The fraction of sp³-hybridized carbons (Fsp3) is 1.00. The van der Waals surface area contributed by atoms with Gasteiger partial charge in [-0.15, -0.1) is 0 Å². The number of hydrogen-bond donors (Lipinski definition) is 2. The third kappa shape index (κ3) is 5.58. The van der Waals surface area contributed by atoms with Gasteiger partial charge in [-0.1, -0.05) is 26.7 Å². The lowest BCUT2D eigenvalue weighted by Crippen LogP contribution is -2.46. The fourth-order valence-electron chi connectivity index (χ4n) is 1.38. The third-order valence-corrected chi connectivity index (χ3v) is 2.67. The molecule has 0 bridgehead atoms. The van der Waals surface area contributed by atoms with E-state index in [0.717, 1.165) is 13.0 Å². The third-order valence-electron chi connectivity index (χ3n) is 2.67. The van der Waals surface area contributed by atoms with Gasteiger partial charge < -0.3 is 10.4 Å². The number of nitrogens with zero attached hydrogens (tertiary/aromatic N) is 1. The maximum atomic E-state index is 9.59. The van der Waals surface area contributed by atoms with Gasteiger partial charge in [-0.2, -0.15) is 0 Å². The van der Waals surface area contributed by atoms with Crippen LogP contribution in [0, 0.1) is 0 Å². The molecule has 0 aromatic carbocycles. The first-order valence-electron chi connectivity index (χ1n) is 5.76. The number of aliphatic hydroxyl groups is 1. The standard InChI is InChI=1S/C11H26N2O/c1-5-7-8-9-12-10(3)13(4)11(14)6-2/h10-12,14H,5-9H2,1-4H3. The molecule has 2 N–H and O–H groups in total.